The average molecular weight is 328 g/mol. The Balaban J connectivity index is 1.60. The summed E-state index contributed by atoms with van der Waals surface area (Å²) in [4.78, 5) is 15.9. The standard InChI is InChI=1S/C16H22F2N2O3/c1-11-14(4-7-23-11)15(22)19-5-2-12(3-6-19)20-10-16(17,18)8-13(20)9-21/h4,7,12-13,21H,2-3,5-6,8-10H2,1H3/t13-/m0/s1. The van der Waals surface area contributed by atoms with Crippen LogP contribution in [0.5, 0.6) is 0 Å². The number of hydrogen-bond donors (Lipinski definition) is 1. The Bertz CT molecular complexity index is 567. The summed E-state index contributed by atoms with van der Waals surface area (Å²) in [7, 11) is 0. The van der Waals surface area contributed by atoms with Gasteiger partial charge in [-0.2, -0.15) is 0 Å². The molecule has 5 nitrogen and oxygen atoms in total. The number of alkyl halides is 2. The number of likely N-dealkylation sites (tertiary alicyclic amines) is 2. The summed E-state index contributed by atoms with van der Waals surface area (Å²) in [6.07, 6.45) is 2.51. The van der Waals surface area contributed by atoms with Crippen LogP contribution in [0.25, 0.3) is 0 Å². The highest BCUT2D eigenvalue weighted by atomic mass is 19.3. The van der Waals surface area contributed by atoms with Gasteiger partial charge in [0.05, 0.1) is 25.0 Å². The third-order valence-electron chi connectivity index (χ3n) is 4.94. The van der Waals surface area contributed by atoms with E-state index in [1.807, 2.05) is 0 Å². The lowest BCUT2D eigenvalue weighted by Crippen LogP contribution is -2.49. The Kier molecular flexibility index (Phi) is 4.42. The van der Waals surface area contributed by atoms with Crippen molar-refractivity contribution in [1.29, 1.82) is 0 Å². The topological polar surface area (TPSA) is 56.9 Å². The summed E-state index contributed by atoms with van der Waals surface area (Å²) in [5, 5.41) is 9.35. The molecule has 0 radical (unpaired) electrons. The first-order valence-corrected chi connectivity index (χ1v) is 7.99. The van der Waals surface area contributed by atoms with Crippen molar-refractivity contribution in [1.82, 2.24) is 9.80 Å². The molecule has 0 aliphatic carbocycles. The maximum atomic E-state index is 13.6. The zero-order valence-corrected chi connectivity index (χ0v) is 13.2. The lowest BCUT2D eigenvalue weighted by Gasteiger charge is -2.38. The van der Waals surface area contributed by atoms with Crippen LogP contribution in [0.4, 0.5) is 8.78 Å². The number of nitrogens with zero attached hydrogens (tertiary/aromatic N) is 2. The number of halogens is 2. The number of aryl methyl sites for hydroxylation is 1. The summed E-state index contributed by atoms with van der Waals surface area (Å²) in [5.74, 6) is -2.20. The van der Waals surface area contributed by atoms with E-state index in [2.05, 4.69) is 0 Å². The molecule has 1 N–H and O–H groups in total. The Morgan fingerprint density at radius 1 is 1.43 bits per heavy atom. The molecule has 2 fully saturated rings. The van der Waals surface area contributed by atoms with E-state index < -0.39 is 12.0 Å². The highest BCUT2D eigenvalue weighted by Crippen LogP contribution is 2.35. The van der Waals surface area contributed by atoms with E-state index in [0.717, 1.165) is 0 Å². The van der Waals surface area contributed by atoms with Gasteiger partial charge in [-0.25, -0.2) is 8.78 Å². The fourth-order valence-electron chi connectivity index (χ4n) is 3.70. The van der Waals surface area contributed by atoms with Gasteiger partial charge in [0, 0.05) is 31.6 Å². The molecule has 1 aromatic rings. The first-order valence-electron chi connectivity index (χ1n) is 7.99. The molecule has 1 amide bonds. The largest absolute Gasteiger partial charge is 0.469 e. The molecular formula is C16H22F2N2O3. The first-order chi connectivity index (χ1) is 10.9. The molecule has 3 heterocycles. The monoisotopic (exact) mass is 328 g/mol. The van der Waals surface area contributed by atoms with Gasteiger partial charge in [0.2, 0.25) is 0 Å². The van der Waals surface area contributed by atoms with Crippen molar-refractivity contribution in [3.63, 3.8) is 0 Å². The number of rotatable bonds is 3. The number of aliphatic hydroxyl groups is 1. The lowest BCUT2D eigenvalue weighted by atomic mass is 10.0. The SMILES string of the molecule is Cc1occc1C(=O)N1CCC(N2CC(F)(F)C[C@H]2CO)CC1. The Labute approximate surface area is 133 Å². The molecule has 0 aromatic carbocycles. The van der Waals surface area contributed by atoms with Gasteiger partial charge in [-0.15, -0.1) is 0 Å². The van der Waals surface area contributed by atoms with Crippen LogP contribution >= 0.6 is 0 Å². The van der Waals surface area contributed by atoms with Gasteiger partial charge in [-0.1, -0.05) is 0 Å². The van der Waals surface area contributed by atoms with Crippen molar-refractivity contribution in [3.8, 4) is 0 Å². The van der Waals surface area contributed by atoms with Gasteiger partial charge in [0.25, 0.3) is 11.8 Å². The third-order valence-corrected chi connectivity index (χ3v) is 4.94. The number of piperidine rings is 1. The normalized spacial score (nSPS) is 25.9. The highest BCUT2D eigenvalue weighted by Gasteiger charge is 2.47. The van der Waals surface area contributed by atoms with Crippen LogP contribution in [0.2, 0.25) is 0 Å². The molecule has 0 saturated carbocycles. The predicted molar refractivity (Wildman–Crippen MR) is 79.5 cm³/mol. The molecule has 0 bridgehead atoms. The van der Waals surface area contributed by atoms with Crippen LogP contribution in [0.3, 0.4) is 0 Å². The van der Waals surface area contributed by atoms with Crippen LogP contribution < -0.4 is 0 Å². The second-order valence-electron chi connectivity index (χ2n) is 6.48. The number of furan rings is 1. The fraction of sp³-hybridized carbons (Fsp3) is 0.688. The minimum atomic E-state index is -2.73. The van der Waals surface area contributed by atoms with E-state index in [9.17, 15) is 18.7 Å². The van der Waals surface area contributed by atoms with E-state index in [-0.39, 0.29) is 31.5 Å². The van der Waals surface area contributed by atoms with Gasteiger partial charge in [-0.05, 0) is 25.8 Å². The zero-order valence-electron chi connectivity index (χ0n) is 13.2. The van der Waals surface area contributed by atoms with Gasteiger partial charge in [0.1, 0.15) is 5.76 Å². The fourth-order valence-corrected chi connectivity index (χ4v) is 3.70. The highest BCUT2D eigenvalue weighted by molar-refractivity contribution is 5.95. The van der Waals surface area contributed by atoms with Crippen molar-refractivity contribution < 1.29 is 23.1 Å². The maximum absolute atomic E-state index is 13.6. The first kappa shape index (κ1) is 16.4. The number of carbonyl (C=O) groups is 1. The summed E-state index contributed by atoms with van der Waals surface area (Å²) in [6, 6.07) is 1.18. The van der Waals surface area contributed by atoms with E-state index >= 15 is 0 Å². The van der Waals surface area contributed by atoms with Crippen molar-refractivity contribution in [2.45, 2.75) is 44.2 Å². The molecule has 1 aromatic heterocycles. The molecule has 128 valence electrons. The van der Waals surface area contributed by atoms with Gasteiger partial charge in [-0.3, -0.25) is 9.69 Å². The van der Waals surface area contributed by atoms with Crippen molar-refractivity contribution >= 4 is 5.91 Å². The minimum absolute atomic E-state index is 0.00461. The molecule has 2 saturated heterocycles. The molecule has 0 spiro atoms. The number of aliphatic hydroxyl groups excluding tert-OH is 1. The van der Waals surface area contributed by atoms with Gasteiger partial charge >= 0.3 is 0 Å². The Morgan fingerprint density at radius 2 is 2.13 bits per heavy atom. The van der Waals surface area contributed by atoms with Crippen LogP contribution in [0.15, 0.2) is 16.7 Å². The zero-order chi connectivity index (χ0) is 16.6. The predicted octanol–water partition coefficient (Wildman–Crippen LogP) is 1.89. The number of carbonyl (C=O) groups excluding carboxylic acids is 1. The van der Waals surface area contributed by atoms with Crippen LogP contribution in [0, 0.1) is 6.92 Å². The van der Waals surface area contributed by atoms with Crippen LogP contribution in [-0.2, 0) is 0 Å². The summed E-state index contributed by atoms with van der Waals surface area (Å²) >= 11 is 0. The Morgan fingerprint density at radius 3 is 2.70 bits per heavy atom. The second-order valence-corrected chi connectivity index (χ2v) is 6.48. The van der Waals surface area contributed by atoms with Gasteiger partial charge < -0.3 is 14.4 Å². The van der Waals surface area contributed by atoms with Crippen molar-refractivity contribution in [2.75, 3.05) is 26.2 Å². The quantitative estimate of drug-likeness (QED) is 0.921. The molecule has 23 heavy (non-hydrogen) atoms. The van der Waals surface area contributed by atoms with Crippen LogP contribution in [-0.4, -0.2) is 65.1 Å². The Hall–Kier alpha value is -1.47. The minimum Gasteiger partial charge on any atom is -0.469 e. The number of hydrogen-bond acceptors (Lipinski definition) is 4. The van der Waals surface area contributed by atoms with E-state index in [1.54, 1.807) is 22.8 Å². The van der Waals surface area contributed by atoms with Crippen LogP contribution in [0.1, 0.15) is 35.4 Å². The van der Waals surface area contributed by atoms with Gasteiger partial charge in [0.15, 0.2) is 0 Å². The molecule has 0 unspecified atom stereocenters. The smallest absolute Gasteiger partial charge is 0.262 e. The number of amides is 1. The molecular weight excluding hydrogens is 306 g/mol. The van der Waals surface area contributed by atoms with E-state index in [4.69, 9.17) is 4.42 Å². The lowest BCUT2D eigenvalue weighted by molar-refractivity contribution is 0.00295. The summed E-state index contributed by atoms with van der Waals surface area (Å²) in [6.45, 7) is 2.28. The molecule has 1 atom stereocenters. The molecule has 2 aliphatic heterocycles. The molecule has 7 heteroatoms. The third kappa shape index (κ3) is 3.26. The molecule has 2 aliphatic rings. The van der Waals surface area contributed by atoms with E-state index in [0.29, 0.717) is 37.3 Å². The van der Waals surface area contributed by atoms with Crippen molar-refractivity contribution in [3.05, 3.63) is 23.7 Å². The average Bonchev–Trinajstić information content (AvgIpc) is 3.09. The second kappa shape index (κ2) is 6.20. The van der Waals surface area contributed by atoms with E-state index in [1.165, 1.54) is 6.26 Å². The molecule has 3 rings (SSSR count). The summed E-state index contributed by atoms with van der Waals surface area (Å²) < 4.78 is 32.4. The maximum Gasteiger partial charge on any atom is 0.262 e. The summed E-state index contributed by atoms with van der Waals surface area (Å²) in [5.41, 5.74) is 0.560. The van der Waals surface area contributed by atoms with Crippen molar-refractivity contribution in [2.24, 2.45) is 0 Å².